The number of Topliss-reactive ketones (excluding diaryl/α,β-unsaturated/α-hetero) is 1. The molecular weight excluding hydrogens is 286 g/mol. The number of nitrogens with zero attached hydrogens (tertiary/aromatic N) is 2. The number of aromatic nitrogens is 1. The quantitative estimate of drug-likeness (QED) is 0.874. The molecule has 21 heavy (non-hydrogen) atoms. The van der Waals surface area contributed by atoms with Crippen LogP contribution in [0.3, 0.4) is 0 Å². The molecule has 0 unspecified atom stereocenters. The van der Waals surface area contributed by atoms with Crippen LogP contribution in [0.1, 0.15) is 22.3 Å². The molecule has 4 rings (SSSR count). The fourth-order valence-electron chi connectivity index (χ4n) is 3.06. The SMILES string of the molecule is NC1=N[C@]2(CCc3c(cccc3-c3cscn3)C2=O)CO1. The van der Waals surface area contributed by atoms with Crippen LogP contribution in [0.5, 0.6) is 0 Å². The molecule has 0 fully saturated rings. The normalized spacial score (nSPS) is 23.8. The monoisotopic (exact) mass is 299 g/mol. The second-order valence-corrected chi connectivity index (χ2v) is 6.02. The Bertz CT molecular complexity index is 754. The third-order valence-corrected chi connectivity index (χ3v) is 4.71. The molecule has 106 valence electrons. The summed E-state index contributed by atoms with van der Waals surface area (Å²) in [6, 6.07) is 5.88. The highest BCUT2D eigenvalue weighted by Gasteiger charge is 2.47. The summed E-state index contributed by atoms with van der Waals surface area (Å²) in [5, 5.41) is 2.00. The maximum atomic E-state index is 12.8. The van der Waals surface area contributed by atoms with E-state index in [1.54, 1.807) is 16.8 Å². The fourth-order valence-corrected chi connectivity index (χ4v) is 3.62. The minimum atomic E-state index is -0.822. The molecule has 1 aromatic heterocycles. The summed E-state index contributed by atoms with van der Waals surface area (Å²) >= 11 is 1.55. The Morgan fingerprint density at radius 1 is 1.33 bits per heavy atom. The highest BCUT2D eigenvalue weighted by molar-refractivity contribution is 7.07. The van der Waals surface area contributed by atoms with Gasteiger partial charge in [-0.2, -0.15) is 0 Å². The zero-order valence-corrected chi connectivity index (χ0v) is 12.0. The molecule has 1 aliphatic heterocycles. The van der Waals surface area contributed by atoms with Gasteiger partial charge < -0.3 is 10.5 Å². The van der Waals surface area contributed by atoms with Crippen molar-refractivity contribution in [1.29, 1.82) is 0 Å². The number of hydrogen-bond acceptors (Lipinski definition) is 6. The maximum absolute atomic E-state index is 12.8. The highest BCUT2D eigenvalue weighted by Crippen LogP contribution is 2.38. The van der Waals surface area contributed by atoms with E-state index in [0.717, 1.165) is 23.2 Å². The fraction of sp³-hybridized carbons (Fsp3) is 0.267. The molecule has 2 heterocycles. The second-order valence-electron chi connectivity index (χ2n) is 5.30. The van der Waals surface area contributed by atoms with Crippen LogP contribution in [-0.2, 0) is 11.2 Å². The molecule has 2 aliphatic rings. The van der Waals surface area contributed by atoms with E-state index in [4.69, 9.17) is 10.5 Å². The van der Waals surface area contributed by atoms with Crippen LogP contribution in [0.25, 0.3) is 11.3 Å². The lowest BCUT2D eigenvalue weighted by Gasteiger charge is -2.29. The van der Waals surface area contributed by atoms with Gasteiger partial charge >= 0.3 is 0 Å². The van der Waals surface area contributed by atoms with E-state index in [-0.39, 0.29) is 18.4 Å². The molecule has 2 aromatic rings. The topological polar surface area (TPSA) is 77.6 Å². The molecule has 1 aromatic carbocycles. The molecule has 0 saturated carbocycles. The molecule has 0 bridgehead atoms. The minimum Gasteiger partial charge on any atom is -0.462 e. The van der Waals surface area contributed by atoms with E-state index < -0.39 is 5.54 Å². The highest BCUT2D eigenvalue weighted by atomic mass is 32.1. The van der Waals surface area contributed by atoms with Crippen molar-refractivity contribution < 1.29 is 9.53 Å². The Balaban J connectivity index is 1.84. The average molecular weight is 299 g/mol. The number of hydrogen-bond donors (Lipinski definition) is 1. The molecule has 2 N–H and O–H groups in total. The summed E-state index contributed by atoms with van der Waals surface area (Å²) in [6.07, 6.45) is 1.40. The number of ketones is 1. The third kappa shape index (κ3) is 1.79. The lowest BCUT2D eigenvalue weighted by Crippen LogP contribution is -2.42. The second kappa shape index (κ2) is 4.39. The van der Waals surface area contributed by atoms with E-state index in [1.165, 1.54) is 0 Å². The van der Waals surface area contributed by atoms with Crippen LogP contribution < -0.4 is 5.73 Å². The molecule has 6 heteroatoms. The van der Waals surface area contributed by atoms with Gasteiger partial charge in [0.05, 0.1) is 11.2 Å². The number of carbonyl (C=O) groups is 1. The largest absolute Gasteiger partial charge is 0.462 e. The number of aliphatic imine (C=N–C) groups is 1. The Kier molecular flexibility index (Phi) is 2.62. The number of fused-ring (bicyclic) bond motifs is 1. The van der Waals surface area contributed by atoms with Gasteiger partial charge in [0.2, 0.25) is 0 Å². The van der Waals surface area contributed by atoms with E-state index in [2.05, 4.69) is 9.98 Å². The lowest BCUT2D eigenvalue weighted by molar-refractivity contribution is 0.0835. The van der Waals surface area contributed by atoms with Crippen LogP contribution in [0.4, 0.5) is 0 Å². The Labute approximate surface area is 125 Å². The molecule has 1 spiro atoms. The van der Waals surface area contributed by atoms with Crippen LogP contribution in [0.15, 0.2) is 34.1 Å². The van der Waals surface area contributed by atoms with E-state index >= 15 is 0 Å². The number of nitrogens with two attached hydrogens (primary N) is 1. The molecule has 1 aliphatic carbocycles. The van der Waals surface area contributed by atoms with Crippen molar-refractivity contribution >= 4 is 23.1 Å². The van der Waals surface area contributed by atoms with Crippen LogP contribution in [-0.4, -0.2) is 28.9 Å². The number of benzene rings is 1. The molecule has 5 nitrogen and oxygen atoms in total. The number of amidine groups is 1. The number of thiazole rings is 1. The predicted molar refractivity (Wildman–Crippen MR) is 80.5 cm³/mol. The van der Waals surface area contributed by atoms with Gasteiger partial charge in [-0.05, 0) is 18.4 Å². The van der Waals surface area contributed by atoms with Crippen molar-refractivity contribution in [3.8, 4) is 11.3 Å². The number of ether oxygens (including phenoxy) is 1. The van der Waals surface area contributed by atoms with Gasteiger partial charge in [-0.25, -0.2) is 9.98 Å². The number of rotatable bonds is 1. The van der Waals surface area contributed by atoms with Gasteiger partial charge in [0.1, 0.15) is 6.61 Å². The first kappa shape index (κ1) is 12.5. The van der Waals surface area contributed by atoms with Crippen LogP contribution >= 0.6 is 11.3 Å². The van der Waals surface area contributed by atoms with Crippen LogP contribution in [0, 0.1) is 0 Å². The van der Waals surface area contributed by atoms with Gasteiger partial charge in [0.15, 0.2) is 11.3 Å². The van der Waals surface area contributed by atoms with Crippen molar-refractivity contribution in [2.45, 2.75) is 18.4 Å². The van der Waals surface area contributed by atoms with Crippen molar-refractivity contribution in [3.63, 3.8) is 0 Å². The van der Waals surface area contributed by atoms with Crippen molar-refractivity contribution in [1.82, 2.24) is 4.98 Å². The zero-order chi connectivity index (χ0) is 14.4. The smallest absolute Gasteiger partial charge is 0.283 e. The van der Waals surface area contributed by atoms with Crippen molar-refractivity contribution in [2.75, 3.05) is 6.61 Å². The van der Waals surface area contributed by atoms with E-state index in [1.807, 2.05) is 23.6 Å². The number of carbonyl (C=O) groups excluding carboxylic acids is 1. The summed E-state index contributed by atoms with van der Waals surface area (Å²) in [5.74, 6) is 0.00118. The van der Waals surface area contributed by atoms with Gasteiger partial charge in [-0.1, -0.05) is 18.2 Å². The van der Waals surface area contributed by atoms with Crippen molar-refractivity contribution in [3.05, 3.63) is 40.2 Å². The predicted octanol–water partition coefficient (Wildman–Crippen LogP) is 2.02. The third-order valence-electron chi connectivity index (χ3n) is 4.12. The van der Waals surface area contributed by atoms with Gasteiger partial charge in [0.25, 0.3) is 6.02 Å². The Morgan fingerprint density at radius 3 is 2.90 bits per heavy atom. The summed E-state index contributed by atoms with van der Waals surface area (Å²) in [5.41, 5.74) is 10.3. The summed E-state index contributed by atoms with van der Waals surface area (Å²) in [4.78, 5) is 21.5. The standard InChI is InChI=1S/C15H13N3O2S/c16-14-18-15(7-20-14)5-4-9-10(12-6-21-8-17-12)2-1-3-11(9)13(15)19/h1-3,6,8H,4-5,7H2,(H2,16,18)/t15-/m1/s1. The molecule has 0 saturated heterocycles. The zero-order valence-electron chi connectivity index (χ0n) is 11.2. The first-order valence-electron chi connectivity index (χ1n) is 6.73. The molecule has 0 amide bonds. The first-order chi connectivity index (χ1) is 10.2. The van der Waals surface area contributed by atoms with E-state index in [0.29, 0.717) is 12.0 Å². The molecule has 1 atom stereocenters. The first-order valence-corrected chi connectivity index (χ1v) is 7.67. The van der Waals surface area contributed by atoms with E-state index in [9.17, 15) is 4.79 Å². The minimum absolute atomic E-state index is 0.00118. The molecule has 0 radical (unpaired) electrons. The lowest BCUT2D eigenvalue weighted by atomic mass is 9.76. The summed E-state index contributed by atoms with van der Waals surface area (Å²) in [7, 11) is 0. The Morgan fingerprint density at radius 2 is 2.19 bits per heavy atom. The van der Waals surface area contributed by atoms with Gasteiger partial charge in [0, 0.05) is 16.5 Å². The maximum Gasteiger partial charge on any atom is 0.283 e. The summed E-state index contributed by atoms with van der Waals surface area (Å²) in [6.45, 7) is 0.248. The van der Waals surface area contributed by atoms with Crippen LogP contribution in [0.2, 0.25) is 0 Å². The molecular formula is C15H13N3O2S. The average Bonchev–Trinajstić information content (AvgIpc) is 3.13. The Hall–Kier alpha value is -2.21. The van der Waals surface area contributed by atoms with Crippen molar-refractivity contribution in [2.24, 2.45) is 10.7 Å². The summed E-state index contributed by atoms with van der Waals surface area (Å²) < 4.78 is 5.23. The van der Waals surface area contributed by atoms with Gasteiger partial charge in [-0.3, -0.25) is 4.79 Å². The van der Waals surface area contributed by atoms with Gasteiger partial charge in [-0.15, -0.1) is 11.3 Å².